The third kappa shape index (κ3) is 4.21. The molecular weight excluding hydrogens is 276 g/mol. The highest BCUT2D eigenvalue weighted by molar-refractivity contribution is 7.90. The van der Waals surface area contributed by atoms with Gasteiger partial charge in [0.25, 0.3) is 0 Å². The summed E-state index contributed by atoms with van der Waals surface area (Å²) in [5.74, 6) is -2.91. The summed E-state index contributed by atoms with van der Waals surface area (Å²) in [5.41, 5.74) is 0. The van der Waals surface area contributed by atoms with Crippen molar-refractivity contribution in [3.05, 3.63) is 18.3 Å². The van der Waals surface area contributed by atoms with E-state index in [4.69, 9.17) is 10.2 Å². The van der Waals surface area contributed by atoms with Crippen molar-refractivity contribution in [2.75, 3.05) is 11.6 Å². The molecule has 0 saturated carbocycles. The highest BCUT2D eigenvalue weighted by atomic mass is 32.2. The van der Waals surface area contributed by atoms with Crippen LogP contribution in [0, 0.1) is 0 Å². The Balaban J connectivity index is 3.10. The fourth-order valence-electron chi connectivity index (χ4n) is 1.34. The first kappa shape index (κ1) is 14.9. The summed E-state index contributed by atoms with van der Waals surface area (Å²) in [6, 6.07) is 1.17. The summed E-state index contributed by atoms with van der Waals surface area (Å²) in [4.78, 5) is 25.0. The number of aliphatic carboxylic acids is 2. The van der Waals surface area contributed by atoms with Gasteiger partial charge in [0, 0.05) is 12.5 Å². The second kappa shape index (κ2) is 5.65. The van der Waals surface area contributed by atoms with Crippen LogP contribution in [-0.2, 0) is 19.4 Å². The molecule has 0 saturated heterocycles. The van der Waals surface area contributed by atoms with Gasteiger partial charge in [-0.15, -0.1) is 0 Å². The maximum atomic E-state index is 11.5. The zero-order valence-electron chi connectivity index (χ0n) is 9.90. The molecule has 1 heterocycles. The Hall–Kier alpha value is -2.16. The van der Waals surface area contributed by atoms with Crippen molar-refractivity contribution in [1.82, 2.24) is 4.98 Å². The molecule has 1 aromatic rings. The molecule has 0 radical (unpaired) electrons. The Bertz CT molecular complexity index is 598. The van der Waals surface area contributed by atoms with E-state index in [9.17, 15) is 18.0 Å². The molecule has 104 valence electrons. The van der Waals surface area contributed by atoms with Crippen molar-refractivity contribution < 1.29 is 28.2 Å². The second-order valence-corrected chi connectivity index (χ2v) is 5.74. The number of nitrogens with zero attached hydrogens (tertiary/aromatic N) is 1. The maximum Gasteiger partial charge on any atom is 0.326 e. The number of pyridine rings is 1. The fourth-order valence-corrected chi connectivity index (χ4v) is 2.13. The van der Waals surface area contributed by atoms with Gasteiger partial charge in [-0.3, -0.25) is 4.79 Å². The van der Waals surface area contributed by atoms with Crippen molar-refractivity contribution in [3.8, 4) is 0 Å². The van der Waals surface area contributed by atoms with Gasteiger partial charge in [-0.25, -0.2) is 18.2 Å². The number of hydrogen-bond donors (Lipinski definition) is 3. The number of sulfone groups is 1. The third-order valence-electron chi connectivity index (χ3n) is 2.16. The zero-order valence-corrected chi connectivity index (χ0v) is 10.7. The van der Waals surface area contributed by atoms with Crippen molar-refractivity contribution in [2.45, 2.75) is 17.4 Å². The van der Waals surface area contributed by atoms with Crippen LogP contribution >= 0.6 is 0 Å². The van der Waals surface area contributed by atoms with Crippen molar-refractivity contribution in [3.63, 3.8) is 0 Å². The van der Waals surface area contributed by atoms with E-state index in [-0.39, 0.29) is 10.7 Å². The number of anilines is 1. The van der Waals surface area contributed by atoms with Crippen LogP contribution in [0.2, 0.25) is 0 Å². The van der Waals surface area contributed by atoms with Crippen LogP contribution < -0.4 is 5.32 Å². The Labute approximate surface area is 109 Å². The van der Waals surface area contributed by atoms with Gasteiger partial charge in [0.15, 0.2) is 9.84 Å². The molecule has 0 spiro atoms. The quantitative estimate of drug-likeness (QED) is 0.656. The van der Waals surface area contributed by atoms with Gasteiger partial charge in [-0.2, -0.15) is 0 Å². The molecule has 1 rings (SSSR count). The summed E-state index contributed by atoms with van der Waals surface area (Å²) in [6.07, 6.45) is 1.52. The zero-order chi connectivity index (χ0) is 14.6. The average Bonchev–Trinajstić information content (AvgIpc) is 2.26. The summed E-state index contributed by atoms with van der Waals surface area (Å²) in [6.45, 7) is 0. The van der Waals surface area contributed by atoms with Crippen LogP contribution in [-0.4, -0.2) is 47.9 Å². The van der Waals surface area contributed by atoms with Crippen LogP contribution in [0.5, 0.6) is 0 Å². The number of nitrogens with one attached hydrogen (secondary N) is 1. The summed E-state index contributed by atoms with van der Waals surface area (Å²) >= 11 is 0. The second-order valence-electron chi connectivity index (χ2n) is 3.76. The molecule has 0 amide bonds. The average molecular weight is 288 g/mol. The van der Waals surface area contributed by atoms with Crippen molar-refractivity contribution >= 4 is 27.6 Å². The molecule has 1 aromatic heterocycles. The molecule has 19 heavy (non-hydrogen) atoms. The SMILES string of the molecule is CS(=O)(=O)c1cccnc1NC(CC(=O)O)C(=O)O. The first-order valence-corrected chi connectivity index (χ1v) is 6.97. The highest BCUT2D eigenvalue weighted by Crippen LogP contribution is 2.19. The van der Waals surface area contributed by atoms with E-state index < -0.39 is 34.2 Å². The molecule has 8 nitrogen and oxygen atoms in total. The molecule has 1 unspecified atom stereocenters. The van der Waals surface area contributed by atoms with Gasteiger partial charge in [0.1, 0.15) is 16.8 Å². The number of aromatic nitrogens is 1. The molecule has 0 aromatic carbocycles. The lowest BCUT2D eigenvalue weighted by Gasteiger charge is -2.14. The largest absolute Gasteiger partial charge is 0.481 e. The van der Waals surface area contributed by atoms with Crippen LogP contribution in [0.3, 0.4) is 0 Å². The first-order valence-electron chi connectivity index (χ1n) is 5.08. The van der Waals surface area contributed by atoms with E-state index in [2.05, 4.69) is 10.3 Å². The molecule has 0 fully saturated rings. The number of hydrogen-bond acceptors (Lipinski definition) is 6. The highest BCUT2D eigenvalue weighted by Gasteiger charge is 2.24. The molecule has 0 aliphatic carbocycles. The first-order chi connectivity index (χ1) is 8.71. The Kier molecular flexibility index (Phi) is 4.43. The van der Waals surface area contributed by atoms with Crippen LogP contribution in [0.1, 0.15) is 6.42 Å². The molecule has 1 atom stereocenters. The Morgan fingerprint density at radius 2 is 2.05 bits per heavy atom. The molecular formula is C10H12N2O6S. The van der Waals surface area contributed by atoms with Gasteiger partial charge < -0.3 is 15.5 Å². The number of carboxylic acid groups (broad SMARTS) is 2. The minimum atomic E-state index is -3.60. The monoisotopic (exact) mass is 288 g/mol. The Morgan fingerprint density at radius 3 is 2.53 bits per heavy atom. The standard InChI is InChI=1S/C10H12N2O6S/c1-19(17,18)7-3-2-4-11-9(7)12-6(10(15)16)5-8(13)14/h2-4,6H,5H2,1H3,(H,11,12)(H,13,14)(H,15,16). The summed E-state index contributed by atoms with van der Waals surface area (Å²) in [5, 5.41) is 19.8. The van der Waals surface area contributed by atoms with Crippen molar-refractivity contribution in [1.29, 1.82) is 0 Å². The van der Waals surface area contributed by atoms with Gasteiger partial charge in [0.05, 0.1) is 6.42 Å². The number of rotatable bonds is 6. The van der Waals surface area contributed by atoms with Crippen LogP contribution in [0.25, 0.3) is 0 Å². The topological polar surface area (TPSA) is 134 Å². The van der Waals surface area contributed by atoms with Crippen LogP contribution in [0.15, 0.2) is 23.2 Å². The van der Waals surface area contributed by atoms with E-state index in [1.165, 1.54) is 18.3 Å². The number of carbonyl (C=O) groups is 2. The summed E-state index contributed by atoms with van der Waals surface area (Å²) < 4.78 is 23.0. The molecule has 3 N–H and O–H groups in total. The van der Waals surface area contributed by atoms with Crippen molar-refractivity contribution in [2.24, 2.45) is 0 Å². The summed E-state index contributed by atoms with van der Waals surface area (Å²) in [7, 11) is -3.60. The van der Waals surface area contributed by atoms with Gasteiger partial charge in [-0.05, 0) is 12.1 Å². The maximum absolute atomic E-state index is 11.5. The molecule has 0 bridgehead atoms. The molecule has 0 aliphatic heterocycles. The minimum absolute atomic E-state index is 0.182. The smallest absolute Gasteiger partial charge is 0.326 e. The van der Waals surface area contributed by atoms with E-state index in [1.54, 1.807) is 0 Å². The van der Waals surface area contributed by atoms with E-state index in [0.717, 1.165) is 6.26 Å². The van der Waals surface area contributed by atoms with Gasteiger partial charge in [0.2, 0.25) is 0 Å². The Morgan fingerprint density at radius 1 is 1.42 bits per heavy atom. The molecule has 0 aliphatic rings. The van der Waals surface area contributed by atoms with Crippen LogP contribution in [0.4, 0.5) is 5.82 Å². The lowest BCUT2D eigenvalue weighted by molar-refractivity contribution is -0.144. The predicted molar refractivity (Wildman–Crippen MR) is 64.6 cm³/mol. The van der Waals surface area contributed by atoms with Gasteiger partial charge in [-0.1, -0.05) is 0 Å². The van der Waals surface area contributed by atoms with E-state index >= 15 is 0 Å². The normalized spacial score (nSPS) is 12.7. The third-order valence-corrected chi connectivity index (χ3v) is 3.29. The van der Waals surface area contributed by atoms with E-state index in [1.807, 2.05) is 0 Å². The predicted octanol–water partition coefficient (Wildman–Crippen LogP) is -0.175. The fraction of sp³-hybridized carbons (Fsp3) is 0.300. The molecule has 9 heteroatoms. The lowest BCUT2D eigenvalue weighted by atomic mass is 10.2. The number of carboxylic acids is 2. The van der Waals surface area contributed by atoms with E-state index in [0.29, 0.717) is 0 Å². The minimum Gasteiger partial charge on any atom is -0.481 e. The van der Waals surface area contributed by atoms with Gasteiger partial charge >= 0.3 is 11.9 Å². The lowest BCUT2D eigenvalue weighted by Crippen LogP contribution is -2.32.